The average molecular weight is 250 g/mol. The molecule has 1 amide bonds. The monoisotopic (exact) mass is 250 g/mol. The molecular formula is C13H18N2O3. The number of nitrogens with zero attached hydrogens (tertiary/aromatic N) is 1. The SMILES string of the molecule is COC(=O)C(C)NC(=O)c1ccccc1N(C)C. The number of anilines is 1. The summed E-state index contributed by atoms with van der Waals surface area (Å²) in [4.78, 5) is 25.2. The van der Waals surface area contributed by atoms with Gasteiger partial charge in [0.2, 0.25) is 0 Å². The first-order valence-electron chi connectivity index (χ1n) is 5.62. The maximum Gasteiger partial charge on any atom is 0.328 e. The molecule has 0 radical (unpaired) electrons. The summed E-state index contributed by atoms with van der Waals surface area (Å²) in [5.41, 5.74) is 1.32. The highest BCUT2D eigenvalue weighted by Crippen LogP contribution is 2.17. The van der Waals surface area contributed by atoms with Gasteiger partial charge < -0.3 is 15.0 Å². The van der Waals surface area contributed by atoms with E-state index in [1.165, 1.54) is 7.11 Å². The van der Waals surface area contributed by atoms with E-state index in [1.54, 1.807) is 19.1 Å². The van der Waals surface area contributed by atoms with Crippen LogP contribution in [0.5, 0.6) is 0 Å². The van der Waals surface area contributed by atoms with Crippen molar-refractivity contribution in [3.05, 3.63) is 29.8 Å². The molecule has 5 heteroatoms. The molecule has 0 saturated heterocycles. The number of carbonyl (C=O) groups is 2. The second kappa shape index (κ2) is 6.05. The minimum atomic E-state index is -0.669. The summed E-state index contributed by atoms with van der Waals surface area (Å²) in [6.45, 7) is 1.59. The van der Waals surface area contributed by atoms with Crippen molar-refractivity contribution < 1.29 is 14.3 Å². The summed E-state index contributed by atoms with van der Waals surface area (Å²) < 4.78 is 4.56. The van der Waals surface area contributed by atoms with Gasteiger partial charge in [-0.1, -0.05) is 12.1 Å². The summed E-state index contributed by atoms with van der Waals surface area (Å²) in [5.74, 6) is -0.761. The number of nitrogens with one attached hydrogen (secondary N) is 1. The third-order valence-electron chi connectivity index (χ3n) is 2.53. The number of hydrogen-bond donors (Lipinski definition) is 1. The first-order valence-corrected chi connectivity index (χ1v) is 5.62. The van der Waals surface area contributed by atoms with E-state index in [-0.39, 0.29) is 5.91 Å². The number of rotatable bonds is 4. The largest absolute Gasteiger partial charge is 0.467 e. The van der Waals surface area contributed by atoms with E-state index in [9.17, 15) is 9.59 Å². The third kappa shape index (κ3) is 3.23. The van der Waals surface area contributed by atoms with Crippen LogP contribution in [-0.2, 0) is 9.53 Å². The minimum absolute atomic E-state index is 0.294. The zero-order valence-corrected chi connectivity index (χ0v) is 11.1. The Labute approximate surface area is 107 Å². The maximum absolute atomic E-state index is 12.1. The molecule has 1 unspecified atom stereocenters. The highest BCUT2D eigenvalue weighted by Gasteiger charge is 2.19. The third-order valence-corrected chi connectivity index (χ3v) is 2.53. The number of carbonyl (C=O) groups excluding carboxylic acids is 2. The lowest BCUT2D eigenvalue weighted by atomic mass is 10.1. The summed E-state index contributed by atoms with van der Waals surface area (Å²) in [6, 6.07) is 6.53. The molecule has 0 fully saturated rings. The van der Waals surface area contributed by atoms with Crippen molar-refractivity contribution in [3.8, 4) is 0 Å². The molecule has 1 rings (SSSR count). The van der Waals surface area contributed by atoms with Gasteiger partial charge in [0.05, 0.1) is 12.7 Å². The van der Waals surface area contributed by atoms with Crippen molar-refractivity contribution in [3.63, 3.8) is 0 Å². The lowest BCUT2D eigenvalue weighted by molar-refractivity contribution is -0.142. The second-order valence-electron chi connectivity index (χ2n) is 4.13. The minimum Gasteiger partial charge on any atom is -0.467 e. The number of hydrogen-bond acceptors (Lipinski definition) is 4. The molecule has 0 saturated carbocycles. The Hall–Kier alpha value is -2.04. The van der Waals surface area contributed by atoms with Crippen molar-refractivity contribution in [1.82, 2.24) is 5.32 Å². The number of benzene rings is 1. The molecule has 0 bridgehead atoms. The molecule has 1 atom stereocenters. The molecule has 0 aromatic heterocycles. The van der Waals surface area contributed by atoms with Gasteiger partial charge in [-0.15, -0.1) is 0 Å². The topological polar surface area (TPSA) is 58.6 Å². The van der Waals surface area contributed by atoms with Crippen LogP contribution in [0.2, 0.25) is 0 Å². The first-order chi connectivity index (χ1) is 8.47. The molecule has 1 aromatic rings. The quantitative estimate of drug-likeness (QED) is 0.811. The van der Waals surface area contributed by atoms with Crippen molar-refractivity contribution in [2.75, 3.05) is 26.1 Å². The average Bonchev–Trinajstić information content (AvgIpc) is 2.37. The lowest BCUT2D eigenvalue weighted by Crippen LogP contribution is -2.39. The second-order valence-corrected chi connectivity index (χ2v) is 4.13. The van der Waals surface area contributed by atoms with Gasteiger partial charge in [0.25, 0.3) is 5.91 Å². The summed E-state index contributed by atoms with van der Waals surface area (Å²) >= 11 is 0. The Morgan fingerprint density at radius 2 is 1.89 bits per heavy atom. The highest BCUT2D eigenvalue weighted by molar-refractivity contribution is 6.01. The lowest BCUT2D eigenvalue weighted by Gasteiger charge is -2.18. The van der Waals surface area contributed by atoms with Crippen LogP contribution in [-0.4, -0.2) is 39.1 Å². The fraction of sp³-hybridized carbons (Fsp3) is 0.385. The number of ether oxygens (including phenoxy) is 1. The van der Waals surface area contributed by atoms with Crippen LogP contribution in [0.1, 0.15) is 17.3 Å². The molecule has 5 nitrogen and oxygen atoms in total. The molecule has 0 spiro atoms. The zero-order chi connectivity index (χ0) is 13.7. The Morgan fingerprint density at radius 3 is 2.44 bits per heavy atom. The van der Waals surface area contributed by atoms with Gasteiger partial charge in [-0.25, -0.2) is 4.79 Å². The fourth-order valence-electron chi connectivity index (χ4n) is 1.57. The van der Waals surface area contributed by atoms with Crippen molar-refractivity contribution in [2.24, 2.45) is 0 Å². The molecule has 1 aromatic carbocycles. The molecule has 1 N–H and O–H groups in total. The smallest absolute Gasteiger partial charge is 0.328 e. The molecule has 0 aliphatic rings. The van der Waals surface area contributed by atoms with Crippen molar-refractivity contribution in [1.29, 1.82) is 0 Å². The van der Waals surface area contributed by atoms with Gasteiger partial charge in [0.15, 0.2) is 0 Å². The predicted octanol–water partition coefficient (Wildman–Crippen LogP) is 1.04. The highest BCUT2D eigenvalue weighted by atomic mass is 16.5. The Morgan fingerprint density at radius 1 is 1.28 bits per heavy atom. The Bertz CT molecular complexity index is 444. The van der Waals surface area contributed by atoms with Gasteiger partial charge >= 0.3 is 5.97 Å². The van der Waals surface area contributed by atoms with Crippen LogP contribution in [0.4, 0.5) is 5.69 Å². The van der Waals surface area contributed by atoms with E-state index in [4.69, 9.17) is 0 Å². The van der Waals surface area contributed by atoms with E-state index in [2.05, 4.69) is 10.1 Å². The van der Waals surface area contributed by atoms with Gasteiger partial charge in [-0.2, -0.15) is 0 Å². The first kappa shape index (κ1) is 14.0. The van der Waals surface area contributed by atoms with Crippen LogP contribution in [0.25, 0.3) is 0 Å². The van der Waals surface area contributed by atoms with E-state index in [0.29, 0.717) is 5.56 Å². The molecule has 98 valence electrons. The normalized spacial score (nSPS) is 11.6. The number of methoxy groups -OCH3 is 1. The fourth-order valence-corrected chi connectivity index (χ4v) is 1.57. The van der Waals surface area contributed by atoms with E-state index in [0.717, 1.165) is 5.69 Å². The maximum atomic E-state index is 12.1. The molecular weight excluding hydrogens is 232 g/mol. The van der Waals surface area contributed by atoms with Crippen molar-refractivity contribution >= 4 is 17.6 Å². The molecule has 0 heterocycles. The van der Waals surface area contributed by atoms with Crippen LogP contribution in [0.15, 0.2) is 24.3 Å². The van der Waals surface area contributed by atoms with Crippen LogP contribution in [0, 0.1) is 0 Å². The van der Waals surface area contributed by atoms with Gasteiger partial charge in [-0.05, 0) is 19.1 Å². The molecule has 18 heavy (non-hydrogen) atoms. The van der Waals surface area contributed by atoms with Crippen LogP contribution >= 0.6 is 0 Å². The van der Waals surface area contributed by atoms with Crippen molar-refractivity contribution in [2.45, 2.75) is 13.0 Å². The number of amides is 1. The van der Waals surface area contributed by atoms with Gasteiger partial charge in [0.1, 0.15) is 6.04 Å². The van der Waals surface area contributed by atoms with E-state index >= 15 is 0 Å². The Kier molecular flexibility index (Phi) is 4.71. The number of esters is 1. The summed E-state index contributed by atoms with van der Waals surface area (Å²) in [6.07, 6.45) is 0. The Balaban J connectivity index is 2.88. The summed E-state index contributed by atoms with van der Waals surface area (Å²) in [5, 5.41) is 2.60. The zero-order valence-electron chi connectivity index (χ0n) is 11.1. The molecule has 0 aliphatic heterocycles. The van der Waals surface area contributed by atoms with Gasteiger partial charge in [-0.3, -0.25) is 4.79 Å². The van der Waals surface area contributed by atoms with E-state index < -0.39 is 12.0 Å². The predicted molar refractivity (Wildman–Crippen MR) is 69.7 cm³/mol. The van der Waals surface area contributed by atoms with Gasteiger partial charge in [0, 0.05) is 19.8 Å². The van der Waals surface area contributed by atoms with Crippen LogP contribution in [0.3, 0.4) is 0 Å². The van der Waals surface area contributed by atoms with Crippen LogP contribution < -0.4 is 10.2 Å². The standard InChI is InChI=1S/C13H18N2O3/c1-9(13(17)18-4)14-12(16)10-7-5-6-8-11(10)15(2)3/h5-9H,1-4H3,(H,14,16). The molecule has 0 aliphatic carbocycles. The summed E-state index contributed by atoms with van der Waals surface area (Å²) in [7, 11) is 5.00. The number of para-hydroxylation sites is 1. The van der Waals surface area contributed by atoms with E-state index in [1.807, 2.05) is 31.1 Å².